The Kier molecular flexibility index (Phi) is 5.00. The van der Waals surface area contributed by atoms with Crippen molar-refractivity contribution in [3.05, 3.63) is 53.2 Å². The highest BCUT2D eigenvalue weighted by atomic mass is 32.1. The molecule has 0 bridgehead atoms. The summed E-state index contributed by atoms with van der Waals surface area (Å²) in [6.07, 6.45) is 4.81. The molecule has 1 aromatic carbocycles. The van der Waals surface area contributed by atoms with Gasteiger partial charge < -0.3 is 15.0 Å². The average molecular weight is 395 g/mol. The predicted molar refractivity (Wildman–Crippen MR) is 110 cm³/mol. The Labute approximate surface area is 167 Å². The molecule has 28 heavy (non-hydrogen) atoms. The van der Waals surface area contributed by atoms with Gasteiger partial charge in [0, 0.05) is 17.4 Å². The minimum atomic E-state index is -0.527. The maximum absolute atomic E-state index is 12.9. The molecule has 1 fully saturated rings. The topological polar surface area (TPSA) is 71.5 Å². The van der Waals surface area contributed by atoms with Crippen molar-refractivity contribution in [2.45, 2.75) is 25.8 Å². The number of anilines is 1. The number of carbonyl (C=O) groups excluding carboxylic acids is 2. The van der Waals surface area contributed by atoms with Gasteiger partial charge in [-0.15, -0.1) is 11.3 Å². The predicted octanol–water partition coefficient (Wildman–Crippen LogP) is 3.54. The van der Waals surface area contributed by atoms with E-state index in [0.717, 1.165) is 33.5 Å². The van der Waals surface area contributed by atoms with Crippen molar-refractivity contribution < 1.29 is 14.3 Å². The fourth-order valence-corrected chi connectivity index (χ4v) is 4.64. The lowest BCUT2D eigenvalue weighted by Crippen LogP contribution is -2.52. The number of thiophene rings is 1. The van der Waals surface area contributed by atoms with E-state index in [2.05, 4.69) is 10.3 Å². The van der Waals surface area contributed by atoms with Crippen molar-refractivity contribution >= 4 is 38.9 Å². The fourth-order valence-electron chi connectivity index (χ4n) is 3.55. The molecule has 0 radical (unpaired) electrons. The van der Waals surface area contributed by atoms with Crippen LogP contribution in [-0.2, 0) is 4.79 Å². The number of rotatable bonds is 4. The number of carbonyl (C=O) groups is 2. The van der Waals surface area contributed by atoms with Crippen LogP contribution in [0.25, 0.3) is 10.1 Å². The van der Waals surface area contributed by atoms with Gasteiger partial charge in [-0.1, -0.05) is 0 Å². The van der Waals surface area contributed by atoms with Crippen molar-refractivity contribution in [2.75, 3.05) is 18.6 Å². The summed E-state index contributed by atoms with van der Waals surface area (Å²) in [5.74, 6) is 0.465. The number of nitrogens with one attached hydrogen (secondary N) is 1. The zero-order valence-electron chi connectivity index (χ0n) is 15.8. The molecule has 2 amide bonds. The van der Waals surface area contributed by atoms with E-state index in [1.807, 2.05) is 31.2 Å². The van der Waals surface area contributed by atoms with Crippen LogP contribution >= 0.6 is 11.3 Å². The molecule has 3 aromatic rings. The number of hydrogen-bond donors (Lipinski definition) is 1. The smallest absolute Gasteiger partial charge is 0.262 e. The second-order valence-electron chi connectivity index (χ2n) is 6.79. The van der Waals surface area contributed by atoms with Gasteiger partial charge in [0.15, 0.2) is 0 Å². The summed E-state index contributed by atoms with van der Waals surface area (Å²) in [6.45, 7) is 2.57. The first-order valence-corrected chi connectivity index (χ1v) is 9.99. The van der Waals surface area contributed by atoms with Crippen LogP contribution in [0.1, 0.15) is 28.1 Å². The highest BCUT2D eigenvalue weighted by Gasteiger charge is 2.31. The van der Waals surface area contributed by atoms with E-state index in [4.69, 9.17) is 4.74 Å². The maximum Gasteiger partial charge on any atom is 0.262 e. The SMILES string of the molecule is COc1ccc2sc(C(=O)NC3CCCN(c4cccnc4)C3=O)c(C)c2c1. The van der Waals surface area contributed by atoms with Crippen LogP contribution in [0.3, 0.4) is 0 Å². The number of pyridine rings is 1. The van der Waals surface area contributed by atoms with Crippen LogP contribution < -0.4 is 15.0 Å². The minimum absolute atomic E-state index is 0.0898. The van der Waals surface area contributed by atoms with Crippen molar-refractivity contribution in [1.82, 2.24) is 10.3 Å². The summed E-state index contributed by atoms with van der Waals surface area (Å²) >= 11 is 1.44. The molecule has 1 saturated heterocycles. The van der Waals surface area contributed by atoms with Crippen molar-refractivity contribution in [3.8, 4) is 5.75 Å². The number of amides is 2. The molecule has 3 heterocycles. The molecule has 1 unspecified atom stereocenters. The summed E-state index contributed by atoms with van der Waals surface area (Å²) in [7, 11) is 1.62. The van der Waals surface area contributed by atoms with Crippen LogP contribution in [0.2, 0.25) is 0 Å². The van der Waals surface area contributed by atoms with E-state index in [1.54, 1.807) is 30.5 Å². The summed E-state index contributed by atoms with van der Waals surface area (Å²) in [4.78, 5) is 32.3. The Balaban J connectivity index is 1.55. The van der Waals surface area contributed by atoms with E-state index in [1.165, 1.54) is 11.3 Å². The molecule has 0 aliphatic carbocycles. The fraction of sp³-hybridized carbons (Fsp3) is 0.286. The van der Waals surface area contributed by atoms with E-state index in [9.17, 15) is 9.59 Å². The summed E-state index contributed by atoms with van der Waals surface area (Å²) in [5, 5.41) is 3.95. The monoisotopic (exact) mass is 395 g/mol. The van der Waals surface area contributed by atoms with E-state index >= 15 is 0 Å². The highest BCUT2D eigenvalue weighted by Crippen LogP contribution is 2.33. The zero-order valence-corrected chi connectivity index (χ0v) is 16.6. The van der Waals surface area contributed by atoms with Gasteiger partial charge in [0.1, 0.15) is 11.8 Å². The highest BCUT2D eigenvalue weighted by molar-refractivity contribution is 7.21. The van der Waals surface area contributed by atoms with Gasteiger partial charge in [0.25, 0.3) is 5.91 Å². The number of piperidine rings is 1. The first-order chi connectivity index (χ1) is 13.6. The normalized spacial score (nSPS) is 17.0. The molecule has 144 valence electrons. The molecular formula is C21H21N3O3S. The molecule has 0 spiro atoms. The number of benzene rings is 1. The number of fused-ring (bicyclic) bond motifs is 1. The molecule has 4 rings (SSSR count). The van der Waals surface area contributed by atoms with E-state index in [0.29, 0.717) is 17.8 Å². The van der Waals surface area contributed by atoms with Gasteiger partial charge in [-0.25, -0.2) is 0 Å². The number of aryl methyl sites for hydroxylation is 1. The molecule has 6 nitrogen and oxygen atoms in total. The van der Waals surface area contributed by atoms with Gasteiger partial charge in [-0.3, -0.25) is 14.6 Å². The third-order valence-electron chi connectivity index (χ3n) is 5.05. The van der Waals surface area contributed by atoms with E-state index < -0.39 is 6.04 Å². The molecule has 1 atom stereocenters. The summed E-state index contributed by atoms with van der Waals surface area (Å²) in [5.41, 5.74) is 1.67. The van der Waals surface area contributed by atoms with Crippen LogP contribution in [0.4, 0.5) is 5.69 Å². The van der Waals surface area contributed by atoms with Gasteiger partial charge >= 0.3 is 0 Å². The quantitative estimate of drug-likeness (QED) is 0.733. The first kappa shape index (κ1) is 18.4. The summed E-state index contributed by atoms with van der Waals surface area (Å²) < 4.78 is 6.31. The second kappa shape index (κ2) is 7.59. The second-order valence-corrected chi connectivity index (χ2v) is 7.84. The Bertz CT molecular complexity index is 1030. The summed E-state index contributed by atoms with van der Waals surface area (Å²) in [6, 6.07) is 8.92. The Morgan fingerprint density at radius 2 is 2.21 bits per heavy atom. The molecule has 1 aliphatic rings. The van der Waals surface area contributed by atoms with Gasteiger partial charge in [0.2, 0.25) is 5.91 Å². The minimum Gasteiger partial charge on any atom is -0.497 e. The third-order valence-corrected chi connectivity index (χ3v) is 6.32. The van der Waals surface area contributed by atoms with Crippen LogP contribution in [0.5, 0.6) is 5.75 Å². The van der Waals surface area contributed by atoms with E-state index in [-0.39, 0.29) is 11.8 Å². The molecule has 7 heteroatoms. The lowest BCUT2D eigenvalue weighted by Gasteiger charge is -2.32. The standard InChI is InChI=1S/C21H21N3O3S/c1-13-16-11-15(27-2)7-8-18(16)28-19(13)20(25)23-17-6-4-10-24(21(17)26)14-5-3-9-22-12-14/h3,5,7-9,11-12,17H,4,6,10H2,1-2H3,(H,23,25). The Hall–Kier alpha value is -2.93. The van der Waals surface area contributed by atoms with Crippen molar-refractivity contribution in [1.29, 1.82) is 0 Å². The van der Waals surface area contributed by atoms with Crippen LogP contribution in [0, 0.1) is 6.92 Å². The molecular weight excluding hydrogens is 374 g/mol. The maximum atomic E-state index is 12.9. The van der Waals surface area contributed by atoms with Gasteiger partial charge in [-0.05, 0) is 61.0 Å². The Morgan fingerprint density at radius 1 is 1.36 bits per heavy atom. The largest absolute Gasteiger partial charge is 0.497 e. The molecule has 1 aliphatic heterocycles. The van der Waals surface area contributed by atoms with Gasteiger partial charge in [0.05, 0.1) is 23.9 Å². The number of ether oxygens (including phenoxy) is 1. The van der Waals surface area contributed by atoms with Gasteiger partial charge in [-0.2, -0.15) is 0 Å². The molecule has 1 N–H and O–H groups in total. The van der Waals surface area contributed by atoms with Crippen LogP contribution in [-0.4, -0.2) is 36.5 Å². The lowest BCUT2D eigenvalue weighted by molar-refractivity contribution is -0.121. The number of aromatic nitrogens is 1. The van der Waals surface area contributed by atoms with Crippen LogP contribution in [0.15, 0.2) is 42.7 Å². The zero-order chi connectivity index (χ0) is 19.7. The van der Waals surface area contributed by atoms with Crippen molar-refractivity contribution in [2.24, 2.45) is 0 Å². The molecule has 0 saturated carbocycles. The molecule has 2 aromatic heterocycles. The third kappa shape index (κ3) is 3.33. The number of hydrogen-bond acceptors (Lipinski definition) is 5. The lowest BCUT2D eigenvalue weighted by atomic mass is 10.0. The Morgan fingerprint density at radius 3 is 2.96 bits per heavy atom. The van der Waals surface area contributed by atoms with Crippen molar-refractivity contribution in [3.63, 3.8) is 0 Å². The number of methoxy groups -OCH3 is 1. The average Bonchev–Trinajstić information content (AvgIpc) is 3.06. The number of nitrogens with zero attached hydrogens (tertiary/aromatic N) is 2. The first-order valence-electron chi connectivity index (χ1n) is 9.18.